The molecule has 1 aliphatic rings. The second-order valence-electron chi connectivity index (χ2n) is 6.91. The van der Waals surface area contributed by atoms with Crippen molar-refractivity contribution in [3.05, 3.63) is 66.2 Å². The second kappa shape index (κ2) is 10.8. The zero-order valence-corrected chi connectivity index (χ0v) is 16.7. The summed E-state index contributed by atoms with van der Waals surface area (Å²) in [6, 6.07) is 16.9. The summed E-state index contributed by atoms with van der Waals surface area (Å²) < 4.78 is 4.90. The number of nitrogens with zero attached hydrogens (tertiary/aromatic N) is 1. The van der Waals surface area contributed by atoms with Crippen molar-refractivity contribution in [2.75, 3.05) is 36.5 Å². The fourth-order valence-electron chi connectivity index (χ4n) is 3.08. The molecule has 0 atom stereocenters. The Labute approximate surface area is 175 Å². The van der Waals surface area contributed by atoms with Crippen molar-refractivity contribution in [1.29, 1.82) is 0 Å². The second-order valence-corrected chi connectivity index (χ2v) is 6.91. The predicted octanol–water partition coefficient (Wildman–Crippen LogP) is 2.60. The number of hydrogen-bond acceptors (Lipinski definition) is 5. The molecule has 156 valence electrons. The van der Waals surface area contributed by atoms with Gasteiger partial charge in [-0.3, -0.25) is 14.4 Å². The van der Waals surface area contributed by atoms with E-state index in [0.29, 0.717) is 5.69 Å². The van der Waals surface area contributed by atoms with E-state index < -0.39 is 24.4 Å². The molecule has 1 heterocycles. The van der Waals surface area contributed by atoms with Crippen LogP contribution in [0.25, 0.3) is 6.08 Å². The Kier molecular flexibility index (Phi) is 7.60. The van der Waals surface area contributed by atoms with Crippen LogP contribution in [0.4, 0.5) is 11.4 Å². The average Bonchev–Trinajstić information content (AvgIpc) is 3.31. The minimum absolute atomic E-state index is 0.310. The first-order valence-corrected chi connectivity index (χ1v) is 9.91. The van der Waals surface area contributed by atoms with E-state index in [0.717, 1.165) is 24.3 Å². The van der Waals surface area contributed by atoms with Crippen molar-refractivity contribution >= 4 is 35.2 Å². The fourth-order valence-corrected chi connectivity index (χ4v) is 3.08. The third-order valence-corrected chi connectivity index (χ3v) is 4.62. The first-order valence-electron chi connectivity index (χ1n) is 9.91. The summed E-state index contributed by atoms with van der Waals surface area (Å²) >= 11 is 0. The van der Waals surface area contributed by atoms with Gasteiger partial charge in [-0.25, -0.2) is 0 Å². The van der Waals surface area contributed by atoms with Crippen LogP contribution in [0.15, 0.2) is 60.7 Å². The maximum Gasteiger partial charge on any atom is 0.325 e. The molecule has 2 aromatic carbocycles. The molecule has 2 amide bonds. The van der Waals surface area contributed by atoms with E-state index in [1.807, 2.05) is 54.6 Å². The molecule has 0 bridgehead atoms. The number of hydrogen-bond donors (Lipinski definition) is 2. The highest BCUT2D eigenvalue weighted by molar-refractivity contribution is 5.95. The van der Waals surface area contributed by atoms with Crippen LogP contribution >= 0.6 is 0 Å². The predicted molar refractivity (Wildman–Crippen MR) is 116 cm³/mol. The van der Waals surface area contributed by atoms with Crippen molar-refractivity contribution < 1.29 is 19.1 Å². The molecular formula is C23H25N3O4. The quantitative estimate of drug-likeness (QED) is 0.519. The van der Waals surface area contributed by atoms with Gasteiger partial charge >= 0.3 is 5.97 Å². The van der Waals surface area contributed by atoms with E-state index >= 15 is 0 Å². The zero-order chi connectivity index (χ0) is 21.2. The van der Waals surface area contributed by atoms with Gasteiger partial charge < -0.3 is 20.3 Å². The Morgan fingerprint density at radius 1 is 0.967 bits per heavy atom. The molecule has 2 N–H and O–H groups in total. The van der Waals surface area contributed by atoms with Gasteiger partial charge in [-0.15, -0.1) is 0 Å². The van der Waals surface area contributed by atoms with E-state index in [-0.39, 0.29) is 6.54 Å². The van der Waals surface area contributed by atoms with Crippen molar-refractivity contribution in [2.45, 2.75) is 12.8 Å². The lowest BCUT2D eigenvalue weighted by Crippen LogP contribution is -2.31. The van der Waals surface area contributed by atoms with Crippen LogP contribution in [0.5, 0.6) is 0 Å². The maximum absolute atomic E-state index is 12.0. The number of ether oxygens (including phenoxy) is 1. The normalized spacial score (nSPS) is 13.3. The highest BCUT2D eigenvalue weighted by Gasteiger charge is 2.12. The third-order valence-electron chi connectivity index (χ3n) is 4.62. The summed E-state index contributed by atoms with van der Waals surface area (Å²) in [4.78, 5) is 37.7. The van der Waals surface area contributed by atoms with Gasteiger partial charge in [0, 0.05) is 30.5 Å². The van der Waals surface area contributed by atoms with Gasteiger partial charge in [0.15, 0.2) is 6.61 Å². The van der Waals surface area contributed by atoms with Crippen molar-refractivity contribution in [3.8, 4) is 0 Å². The molecule has 1 saturated heterocycles. The Bertz CT molecular complexity index is 888. The SMILES string of the molecule is O=C(/C=C/c1ccccc1)NCC(=O)OCC(=O)Nc1ccc(N2CCCC2)cc1. The van der Waals surface area contributed by atoms with E-state index in [1.54, 1.807) is 6.08 Å². The number of rotatable bonds is 8. The van der Waals surface area contributed by atoms with Crippen molar-refractivity contribution in [2.24, 2.45) is 0 Å². The Morgan fingerprint density at radius 2 is 1.67 bits per heavy atom. The molecule has 2 aromatic rings. The molecular weight excluding hydrogens is 382 g/mol. The average molecular weight is 407 g/mol. The van der Waals surface area contributed by atoms with Crippen LogP contribution in [0, 0.1) is 0 Å². The lowest BCUT2D eigenvalue weighted by atomic mass is 10.2. The van der Waals surface area contributed by atoms with Crippen molar-refractivity contribution in [3.63, 3.8) is 0 Å². The number of esters is 1. The summed E-state index contributed by atoms with van der Waals surface area (Å²) in [5.74, 6) is -1.54. The van der Waals surface area contributed by atoms with Crippen LogP contribution in [0.1, 0.15) is 18.4 Å². The van der Waals surface area contributed by atoms with Gasteiger partial charge in [-0.05, 0) is 48.7 Å². The first-order chi connectivity index (χ1) is 14.6. The van der Waals surface area contributed by atoms with Gasteiger partial charge in [0.2, 0.25) is 5.91 Å². The lowest BCUT2D eigenvalue weighted by Gasteiger charge is -2.17. The van der Waals surface area contributed by atoms with Crippen LogP contribution < -0.4 is 15.5 Å². The molecule has 7 heteroatoms. The summed E-state index contributed by atoms with van der Waals surface area (Å²) in [6.07, 6.45) is 5.38. The molecule has 3 rings (SSSR count). The number of carbonyl (C=O) groups is 3. The van der Waals surface area contributed by atoms with Crippen LogP contribution in [0.3, 0.4) is 0 Å². The summed E-state index contributed by atoms with van der Waals surface area (Å²) in [5, 5.41) is 5.11. The van der Waals surface area contributed by atoms with Crippen LogP contribution in [0.2, 0.25) is 0 Å². The molecule has 0 aliphatic carbocycles. The number of amides is 2. The topological polar surface area (TPSA) is 87.7 Å². The highest BCUT2D eigenvalue weighted by atomic mass is 16.5. The standard InChI is InChI=1S/C23H25N3O4/c27-21(13-8-18-6-2-1-3-7-18)24-16-23(29)30-17-22(28)25-19-9-11-20(12-10-19)26-14-4-5-15-26/h1-3,6-13H,4-5,14-17H2,(H,24,27)(H,25,28)/b13-8+. The number of anilines is 2. The third kappa shape index (κ3) is 6.77. The molecule has 1 fully saturated rings. The molecule has 30 heavy (non-hydrogen) atoms. The molecule has 0 unspecified atom stereocenters. The molecule has 1 aliphatic heterocycles. The summed E-state index contributed by atoms with van der Waals surface area (Å²) in [6.45, 7) is 1.39. The zero-order valence-electron chi connectivity index (χ0n) is 16.7. The fraction of sp³-hybridized carbons (Fsp3) is 0.261. The lowest BCUT2D eigenvalue weighted by molar-refractivity contribution is -0.146. The van der Waals surface area contributed by atoms with Crippen LogP contribution in [-0.4, -0.2) is 44.0 Å². The smallest absolute Gasteiger partial charge is 0.325 e. The van der Waals surface area contributed by atoms with E-state index in [1.165, 1.54) is 18.9 Å². The molecule has 0 saturated carbocycles. The minimum Gasteiger partial charge on any atom is -0.454 e. The van der Waals surface area contributed by atoms with Crippen molar-refractivity contribution in [1.82, 2.24) is 5.32 Å². The number of carbonyl (C=O) groups excluding carboxylic acids is 3. The molecule has 0 radical (unpaired) electrons. The summed E-state index contributed by atoms with van der Waals surface area (Å²) in [7, 11) is 0. The minimum atomic E-state index is -0.684. The monoisotopic (exact) mass is 407 g/mol. The van der Waals surface area contributed by atoms with Gasteiger partial charge in [0.25, 0.3) is 5.91 Å². The molecule has 7 nitrogen and oxygen atoms in total. The summed E-state index contributed by atoms with van der Waals surface area (Å²) in [5.41, 5.74) is 2.65. The number of benzene rings is 2. The van der Waals surface area contributed by atoms with Gasteiger partial charge in [-0.1, -0.05) is 30.3 Å². The van der Waals surface area contributed by atoms with E-state index in [2.05, 4.69) is 15.5 Å². The van der Waals surface area contributed by atoms with Gasteiger partial charge in [-0.2, -0.15) is 0 Å². The first kappa shape index (κ1) is 21.1. The Balaban J connectivity index is 1.34. The highest BCUT2D eigenvalue weighted by Crippen LogP contribution is 2.21. The maximum atomic E-state index is 12.0. The Morgan fingerprint density at radius 3 is 2.37 bits per heavy atom. The van der Waals surface area contributed by atoms with Gasteiger partial charge in [0.05, 0.1) is 0 Å². The van der Waals surface area contributed by atoms with E-state index in [9.17, 15) is 14.4 Å². The van der Waals surface area contributed by atoms with Gasteiger partial charge in [0.1, 0.15) is 6.54 Å². The Hall–Kier alpha value is -3.61. The van der Waals surface area contributed by atoms with E-state index in [4.69, 9.17) is 4.74 Å². The molecule has 0 aromatic heterocycles. The number of nitrogens with one attached hydrogen (secondary N) is 2. The van der Waals surface area contributed by atoms with Crippen LogP contribution in [-0.2, 0) is 19.1 Å². The largest absolute Gasteiger partial charge is 0.454 e. The molecule has 0 spiro atoms.